The van der Waals surface area contributed by atoms with Gasteiger partial charge >= 0.3 is 5.97 Å². The van der Waals surface area contributed by atoms with Gasteiger partial charge in [-0.05, 0) is 19.1 Å². The number of amides is 1. The van der Waals surface area contributed by atoms with Crippen molar-refractivity contribution < 1.29 is 18.7 Å². The first kappa shape index (κ1) is 22.9. The number of nitrogen functional groups attached to an aromatic ring is 1. The normalized spacial score (nSPS) is 17.6. The van der Waals surface area contributed by atoms with Crippen LogP contribution in [-0.2, 0) is 4.74 Å². The molecule has 0 unspecified atom stereocenters. The van der Waals surface area contributed by atoms with Crippen molar-refractivity contribution in [3.8, 4) is 11.3 Å². The Labute approximate surface area is 203 Å². The van der Waals surface area contributed by atoms with E-state index in [1.54, 1.807) is 43.6 Å². The number of aromatic nitrogens is 4. The minimum Gasteiger partial charge on any atom is -0.465 e. The number of carbonyl (C=O) groups excluding carboxylic acids is 2. The summed E-state index contributed by atoms with van der Waals surface area (Å²) in [6.45, 7) is 1.95. The van der Waals surface area contributed by atoms with Crippen molar-refractivity contribution in [3.05, 3.63) is 58.6 Å². The van der Waals surface area contributed by atoms with Crippen molar-refractivity contribution in [1.29, 1.82) is 0 Å². The van der Waals surface area contributed by atoms with Gasteiger partial charge in [-0.1, -0.05) is 23.5 Å². The van der Waals surface area contributed by atoms with E-state index in [-0.39, 0.29) is 18.5 Å². The Morgan fingerprint density at radius 2 is 2.06 bits per heavy atom. The maximum Gasteiger partial charge on any atom is 0.350 e. The molecule has 1 fully saturated rings. The van der Waals surface area contributed by atoms with E-state index in [0.717, 1.165) is 16.9 Å². The van der Waals surface area contributed by atoms with E-state index < -0.39 is 12.1 Å². The van der Waals surface area contributed by atoms with Gasteiger partial charge in [0.1, 0.15) is 33.9 Å². The Hall–Kier alpha value is -3.90. The molecule has 2 atom stereocenters. The van der Waals surface area contributed by atoms with Gasteiger partial charge in [-0.25, -0.2) is 24.1 Å². The SMILES string of the molecule is COC(=O)c1sc(NC(=O)c2ccc(-c3nc([C@@H]4C[C@H](F)CN4)n4ccnc(N)c34)cc2)nc1C. The molecule has 35 heavy (non-hydrogen) atoms. The molecule has 0 radical (unpaired) electrons. The standard InChI is InChI=1S/C23H22FN7O3S/c1-11-18(22(33)34-2)35-23(28-11)30-21(32)13-5-3-12(4-6-13)16-17-19(25)26-7-8-31(17)20(29-16)15-9-14(24)10-27-15/h3-8,14-15,27H,9-10H2,1-2H3,(H2,25,26)(H,28,30,32)/t14-,15-/m0/s1. The molecule has 0 aliphatic carbocycles. The Balaban J connectivity index is 1.42. The quantitative estimate of drug-likeness (QED) is 0.359. The van der Waals surface area contributed by atoms with Crippen molar-refractivity contribution >= 4 is 39.7 Å². The summed E-state index contributed by atoms with van der Waals surface area (Å²) in [7, 11) is 1.29. The lowest BCUT2D eigenvalue weighted by molar-refractivity contribution is 0.0605. The van der Waals surface area contributed by atoms with E-state index in [1.165, 1.54) is 7.11 Å². The van der Waals surface area contributed by atoms with Crippen LogP contribution in [0.3, 0.4) is 0 Å². The van der Waals surface area contributed by atoms with Crippen LogP contribution in [0.2, 0.25) is 0 Å². The van der Waals surface area contributed by atoms with Gasteiger partial charge in [0, 0.05) is 36.5 Å². The number of anilines is 2. The number of nitrogens with two attached hydrogens (primary N) is 1. The second kappa shape index (κ2) is 9.04. The van der Waals surface area contributed by atoms with E-state index in [1.807, 2.05) is 4.40 Å². The minimum atomic E-state index is -0.932. The molecule has 1 saturated heterocycles. The zero-order chi connectivity index (χ0) is 24.7. The molecular weight excluding hydrogens is 473 g/mol. The van der Waals surface area contributed by atoms with Crippen LogP contribution in [0.25, 0.3) is 16.8 Å². The first-order valence-electron chi connectivity index (χ1n) is 10.8. The molecule has 10 nitrogen and oxygen atoms in total. The van der Waals surface area contributed by atoms with Gasteiger partial charge in [-0.15, -0.1) is 0 Å². The largest absolute Gasteiger partial charge is 0.465 e. The number of imidazole rings is 1. The highest BCUT2D eigenvalue weighted by atomic mass is 32.1. The molecule has 12 heteroatoms. The minimum absolute atomic E-state index is 0.241. The number of fused-ring (bicyclic) bond motifs is 1. The van der Waals surface area contributed by atoms with E-state index in [0.29, 0.717) is 50.5 Å². The van der Waals surface area contributed by atoms with Crippen molar-refractivity contribution in [2.45, 2.75) is 25.6 Å². The second-order valence-electron chi connectivity index (χ2n) is 8.10. The Bertz CT molecular complexity index is 1430. The molecule has 1 aromatic carbocycles. The summed E-state index contributed by atoms with van der Waals surface area (Å²) in [4.78, 5) is 38.1. The number of hydrogen-bond acceptors (Lipinski definition) is 9. The van der Waals surface area contributed by atoms with Gasteiger partial charge < -0.3 is 15.8 Å². The number of thiazole rings is 1. The molecule has 3 aromatic heterocycles. The summed E-state index contributed by atoms with van der Waals surface area (Å²) in [5.74, 6) is 0.0904. The topological polar surface area (TPSA) is 137 Å². The number of halogens is 1. The Morgan fingerprint density at radius 3 is 2.74 bits per heavy atom. The molecule has 1 aliphatic heterocycles. The molecule has 0 bridgehead atoms. The third-order valence-corrected chi connectivity index (χ3v) is 6.86. The summed E-state index contributed by atoms with van der Waals surface area (Å²) < 4.78 is 20.4. The summed E-state index contributed by atoms with van der Waals surface area (Å²) in [6, 6.07) is 6.61. The van der Waals surface area contributed by atoms with Crippen molar-refractivity contribution in [3.63, 3.8) is 0 Å². The summed E-state index contributed by atoms with van der Waals surface area (Å²) in [6.07, 6.45) is 2.73. The van der Waals surface area contributed by atoms with Gasteiger partial charge in [0.2, 0.25) is 0 Å². The van der Waals surface area contributed by atoms with Crippen LogP contribution in [0.15, 0.2) is 36.7 Å². The lowest BCUT2D eigenvalue weighted by Gasteiger charge is -2.08. The van der Waals surface area contributed by atoms with Gasteiger partial charge in [-0.2, -0.15) is 0 Å². The average molecular weight is 496 g/mol. The lowest BCUT2D eigenvalue weighted by atomic mass is 10.1. The maximum absolute atomic E-state index is 13.8. The van der Waals surface area contributed by atoms with Crippen LogP contribution in [-0.4, -0.2) is 51.1 Å². The number of nitrogens with one attached hydrogen (secondary N) is 2. The van der Waals surface area contributed by atoms with E-state index in [4.69, 9.17) is 15.5 Å². The van der Waals surface area contributed by atoms with Gasteiger partial charge in [0.25, 0.3) is 5.91 Å². The van der Waals surface area contributed by atoms with Crippen LogP contribution < -0.4 is 16.4 Å². The summed E-state index contributed by atoms with van der Waals surface area (Å²) in [5.41, 5.74) is 9.01. The Kier molecular flexibility index (Phi) is 5.91. The fraction of sp³-hybridized carbons (Fsp3) is 0.261. The molecule has 1 amide bonds. The fourth-order valence-electron chi connectivity index (χ4n) is 4.10. The molecule has 5 rings (SSSR count). The van der Waals surface area contributed by atoms with Crippen LogP contribution >= 0.6 is 11.3 Å². The van der Waals surface area contributed by atoms with Crippen LogP contribution in [0.4, 0.5) is 15.3 Å². The first-order chi connectivity index (χ1) is 16.9. The monoisotopic (exact) mass is 495 g/mol. The zero-order valence-electron chi connectivity index (χ0n) is 18.9. The van der Waals surface area contributed by atoms with Crippen LogP contribution in [0.5, 0.6) is 0 Å². The molecule has 0 saturated carbocycles. The predicted molar refractivity (Wildman–Crippen MR) is 129 cm³/mol. The van der Waals surface area contributed by atoms with E-state index in [2.05, 4.69) is 20.6 Å². The number of benzene rings is 1. The number of methoxy groups -OCH3 is 1. The van der Waals surface area contributed by atoms with Crippen molar-refractivity contribution in [1.82, 2.24) is 24.7 Å². The molecule has 180 valence electrons. The lowest BCUT2D eigenvalue weighted by Crippen LogP contribution is -2.16. The molecule has 4 N–H and O–H groups in total. The predicted octanol–water partition coefficient (Wildman–Crippen LogP) is 3.15. The second-order valence-corrected chi connectivity index (χ2v) is 9.10. The highest BCUT2D eigenvalue weighted by Gasteiger charge is 2.30. The molecule has 0 spiro atoms. The van der Waals surface area contributed by atoms with Gasteiger partial charge in [0.15, 0.2) is 5.13 Å². The fourth-order valence-corrected chi connectivity index (χ4v) is 4.98. The molecule has 4 aromatic rings. The first-order valence-corrected chi connectivity index (χ1v) is 11.6. The summed E-state index contributed by atoms with van der Waals surface area (Å²) >= 11 is 1.05. The third-order valence-electron chi connectivity index (χ3n) is 5.81. The number of ether oxygens (including phenoxy) is 1. The number of alkyl halides is 1. The highest BCUT2D eigenvalue weighted by Crippen LogP contribution is 2.33. The van der Waals surface area contributed by atoms with Crippen LogP contribution in [0, 0.1) is 6.92 Å². The smallest absolute Gasteiger partial charge is 0.350 e. The number of hydrogen-bond donors (Lipinski definition) is 3. The summed E-state index contributed by atoms with van der Waals surface area (Å²) in [5, 5.41) is 6.17. The number of esters is 1. The number of carbonyl (C=O) groups is 2. The molecule has 1 aliphatic rings. The Morgan fingerprint density at radius 1 is 1.29 bits per heavy atom. The average Bonchev–Trinajstić information content (AvgIpc) is 3.55. The highest BCUT2D eigenvalue weighted by molar-refractivity contribution is 7.17. The number of aryl methyl sites for hydroxylation is 1. The third kappa shape index (κ3) is 4.21. The van der Waals surface area contributed by atoms with E-state index in [9.17, 15) is 14.0 Å². The van der Waals surface area contributed by atoms with Crippen molar-refractivity contribution in [2.75, 3.05) is 24.7 Å². The van der Waals surface area contributed by atoms with Gasteiger partial charge in [-0.3, -0.25) is 14.5 Å². The maximum atomic E-state index is 13.8. The molecular formula is C23H22FN7O3S. The zero-order valence-corrected chi connectivity index (χ0v) is 19.7. The van der Waals surface area contributed by atoms with Gasteiger partial charge in [0.05, 0.1) is 18.8 Å². The molecule has 4 heterocycles. The van der Waals surface area contributed by atoms with E-state index >= 15 is 0 Å². The van der Waals surface area contributed by atoms with Crippen molar-refractivity contribution in [2.24, 2.45) is 0 Å². The number of nitrogens with zero attached hydrogens (tertiary/aromatic N) is 4. The van der Waals surface area contributed by atoms with Crippen LogP contribution in [0.1, 0.15) is 44.0 Å². The number of rotatable bonds is 5.